The molecule has 1 aliphatic rings. The highest BCUT2D eigenvalue weighted by molar-refractivity contribution is 6.35. The SMILES string of the molecule is COCCNC(=O)C(=O)NCC[C@@H](O)C1CC1. The highest BCUT2D eigenvalue weighted by atomic mass is 16.5. The van der Waals surface area contributed by atoms with Crippen LogP contribution in [0.2, 0.25) is 0 Å². The van der Waals surface area contributed by atoms with Crippen molar-refractivity contribution in [2.45, 2.75) is 25.4 Å². The van der Waals surface area contributed by atoms with Crippen molar-refractivity contribution in [1.29, 1.82) is 0 Å². The lowest BCUT2D eigenvalue weighted by molar-refractivity contribution is -0.139. The first kappa shape index (κ1) is 13.9. The minimum absolute atomic E-state index is 0.313. The number of carbonyl (C=O) groups excluding carboxylic acids is 2. The molecule has 1 saturated carbocycles. The molecular formula is C11H20N2O4. The molecule has 6 heteroatoms. The van der Waals surface area contributed by atoms with Gasteiger partial charge in [-0.25, -0.2) is 0 Å². The van der Waals surface area contributed by atoms with Crippen LogP contribution in [0.25, 0.3) is 0 Å². The summed E-state index contributed by atoms with van der Waals surface area (Å²) in [5.41, 5.74) is 0. The molecule has 0 bridgehead atoms. The third kappa shape index (κ3) is 5.65. The van der Waals surface area contributed by atoms with Crippen LogP contribution in [0.3, 0.4) is 0 Å². The standard InChI is InChI=1S/C11H20N2O4/c1-17-7-6-13-11(16)10(15)12-5-4-9(14)8-2-3-8/h8-9,14H,2-7H2,1H3,(H,12,15)(H,13,16)/t9-/m1/s1. The molecule has 2 amide bonds. The average Bonchev–Trinajstić information content (AvgIpc) is 3.12. The molecule has 1 rings (SSSR count). The Morgan fingerprint density at radius 2 is 1.88 bits per heavy atom. The fraction of sp³-hybridized carbons (Fsp3) is 0.818. The second kappa shape index (κ2) is 7.24. The van der Waals surface area contributed by atoms with Gasteiger partial charge in [-0.05, 0) is 25.2 Å². The Balaban J connectivity index is 2.04. The average molecular weight is 244 g/mol. The Morgan fingerprint density at radius 1 is 1.29 bits per heavy atom. The fourth-order valence-electron chi connectivity index (χ4n) is 1.48. The number of ether oxygens (including phenoxy) is 1. The molecule has 0 aliphatic heterocycles. The van der Waals surface area contributed by atoms with Gasteiger partial charge in [0.1, 0.15) is 0 Å². The van der Waals surface area contributed by atoms with E-state index in [4.69, 9.17) is 4.74 Å². The fourth-order valence-corrected chi connectivity index (χ4v) is 1.48. The molecule has 0 radical (unpaired) electrons. The molecule has 0 saturated heterocycles. The van der Waals surface area contributed by atoms with Crippen LogP contribution in [-0.2, 0) is 14.3 Å². The number of nitrogens with one attached hydrogen (secondary N) is 2. The number of hydrogen-bond donors (Lipinski definition) is 3. The van der Waals surface area contributed by atoms with E-state index < -0.39 is 11.8 Å². The normalized spacial score (nSPS) is 16.4. The molecule has 0 heterocycles. The molecule has 3 N–H and O–H groups in total. The topological polar surface area (TPSA) is 87.7 Å². The van der Waals surface area contributed by atoms with Gasteiger partial charge in [-0.15, -0.1) is 0 Å². The summed E-state index contributed by atoms with van der Waals surface area (Å²) in [5, 5.41) is 14.4. The van der Waals surface area contributed by atoms with E-state index in [0.717, 1.165) is 12.8 Å². The zero-order valence-electron chi connectivity index (χ0n) is 10.1. The van der Waals surface area contributed by atoms with E-state index >= 15 is 0 Å². The molecular weight excluding hydrogens is 224 g/mol. The Bertz CT molecular complexity index is 266. The van der Waals surface area contributed by atoms with E-state index in [1.165, 1.54) is 7.11 Å². The summed E-state index contributed by atoms with van der Waals surface area (Å²) in [6.07, 6.45) is 2.27. The van der Waals surface area contributed by atoms with Crippen molar-refractivity contribution in [3.05, 3.63) is 0 Å². The van der Waals surface area contributed by atoms with Gasteiger partial charge in [0.05, 0.1) is 12.7 Å². The van der Waals surface area contributed by atoms with Gasteiger partial charge in [0.2, 0.25) is 0 Å². The van der Waals surface area contributed by atoms with Gasteiger partial charge in [0, 0.05) is 20.2 Å². The van der Waals surface area contributed by atoms with E-state index in [1.54, 1.807) is 0 Å². The van der Waals surface area contributed by atoms with E-state index in [9.17, 15) is 14.7 Å². The van der Waals surface area contributed by atoms with Gasteiger partial charge in [0.25, 0.3) is 0 Å². The molecule has 0 aromatic heterocycles. The number of rotatable bonds is 7. The van der Waals surface area contributed by atoms with Gasteiger partial charge in [-0.3, -0.25) is 9.59 Å². The van der Waals surface area contributed by atoms with Crippen LogP contribution in [0.15, 0.2) is 0 Å². The maximum absolute atomic E-state index is 11.3. The summed E-state index contributed by atoms with van der Waals surface area (Å²) in [6.45, 7) is 1.01. The van der Waals surface area contributed by atoms with E-state index in [1.807, 2.05) is 0 Å². The van der Waals surface area contributed by atoms with Gasteiger partial charge in [-0.1, -0.05) is 0 Å². The van der Waals surface area contributed by atoms with Crippen LogP contribution in [-0.4, -0.2) is 49.8 Å². The lowest BCUT2D eigenvalue weighted by Gasteiger charge is -2.09. The van der Waals surface area contributed by atoms with E-state index in [0.29, 0.717) is 32.0 Å². The second-order valence-electron chi connectivity index (χ2n) is 4.20. The lowest BCUT2D eigenvalue weighted by atomic mass is 10.2. The summed E-state index contributed by atoms with van der Waals surface area (Å²) in [7, 11) is 1.52. The third-order valence-corrected chi connectivity index (χ3v) is 2.69. The maximum Gasteiger partial charge on any atom is 0.309 e. The predicted octanol–water partition coefficient (Wildman–Crippen LogP) is -0.974. The second-order valence-corrected chi connectivity index (χ2v) is 4.20. The highest BCUT2D eigenvalue weighted by Gasteiger charge is 2.29. The zero-order chi connectivity index (χ0) is 12.7. The van der Waals surface area contributed by atoms with Crippen molar-refractivity contribution in [2.24, 2.45) is 5.92 Å². The van der Waals surface area contributed by atoms with E-state index in [2.05, 4.69) is 10.6 Å². The summed E-state index contributed by atoms with van der Waals surface area (Å²) in [4.78, 5) is 22.5. The molecule has 0 aromatic carbocycles. The number of hydrogen-bond acceptors (Lipinski definition) is 4. The molecule has 0 unspecified atom stereocenters. The lowest BCUT2D eigenvalue weighted by Crippen LogP contribution is -2.41. The Hall–Kier alpha value is -1.14. The maximum atomic E-state index is 11.3. The van der Waals surface area contributed by atoms with Gasteiger partial charge >= 0.3 is 11.8 Å². The Morgan fingerprint density at radius 3 is 2.41 bits per heavy atom. The van der Waals surface area contributed by atoms with Crippen LogP contribution >= 0.6 is 0 Å². The molecule has 0 aromatic rings. The van der Waals surface area contributed by atoms with Crippen LogP contribution < -0.4 is 10.6 Å². The molecule has 17 heavy (non-hydrogen) atoms. The summed E-state index contributed by atoms with van der Waals surface area (Å²) in [6, 6.07) is 0. The molecule has 1 atom stereocenters. The van der Waals surface area contributed by atoms with Crippen molar-refractivity contribution in [3.8, 4) is 0 Å². The number of carbonyl (C=O) groups is 2. The first-order chi connectivity index (χ1) is 8.15. The minimum atomic E-state index is -0.664. The number of aliphatic hydroxyl groups excluding tert-OH is 1. The Labute approximate surface area is 101 Å². The van der Waals surface area contributed by atoms with Crippen LogP contribution in [0.4, 0.5) is 0 Å². The van der Waals surface area contributed by atoms with Crippen molar-refractivity contribution in [3.63, 3.8) is 0 Å². The number of aliphatic hydroxyl groups is 1. The summed E-state index contributed by atoms with van der Waals surface area (Å²) < 4.78 is 4.74. The molecule has 1 aliphatic carbocycles. The van der Waals surface area contributed by atoms with Gasteiger partial charge in [-0.2, -0.15) is 0 Å². The highest BCUT2D eigenvalue weighted by Crippen LogP contribution is 2.33. The predicted molar refractivity (Wildman–Crippen MR) is 61.2 cm³/mol. The van der Waals surface area contributed by atoms with Crippen LogP contribution in [0.1, 0.15) is 19.3 Å². The van der Waals surface area contributed by atoms with E-state index in [-0.39, 0.29) is 6.10 Å². The van der Waals surface area contributed by atoms with Crippen molar-refractivity contribution in [2.75, 3.05) is 26.8 Å². The first-order valence-electron chi connectivity index (χ1n) is 5.88. The molecule has 0 spiro atoms. The van der Waals surface area contributed by atoms with Gasteiger partial charge in [0.15, 0.2) is 0 Å². The number of amides is 2. The van der Waals surface area contributed by atoms with Crippen molar-refractivity contribution < 1.29 is 19.4 Å². The zero-order valence-corrected chi connectivity index (χ0v) is 10.1. The molecule has 1 fully saturated rings. The molecule has 98 valence electrons. The monoisotopic (exact) mass is 244 g/mol. The van der Waals surface area contributed by atoms with Crippen LogP contribution in [0.5, 0.6) is 0 Å². The quantitative estimate of drug-likeness (QED) is 0.397. The van der Waals surface area contributed by atoms with Crippen molar-refractivity contribution >= 4 is 11.8 Å². The summed E-state index contributed by atoms with van der Waals surface area (Å²) in [5.74, 6) is -0.936. The largest absolute Gasteiger partial charge is 0.393 e. The van der Waals surface area contributed by atoms with Crippen LogP contribution in [0, 0.1) is 5.92 Å². The smallest absolute Gasteiger partial charge is 0.309 e. The minimum Gasteiger partial charge on any atom is -0.393 e. The first-order valence-corrected chi connectivity index (χ1v) is 5.88. The van der Waals surface area contributed by atoms with Gasteiger partial charge < -0.3 is 20.5 Å². The number of methoxy groups -OCH3 is 1. The summed E-state index contributed by atoms with van der Waals surface area (Å²) >= 11 is 0. The Kier molecular flexibility index (Phi) is 5.93. The molecule has 6 nitrogen and oxygen atoms in total. The third-order valence-electron chi connectivity index (χ3n) is 2.69. The van der Waals surface area contributed by atoms with Crippen molar-refractivity contribution in [1.82, 2.24) is 10.6 Å².